The van der Waals surface area contributed by atoms with E-state index in [9.17, 15) is 14.0 Å². The number of methoxy groups -OCH3 is 2. The van der Waals surface area contributed by atoms with Gasteiger partial charge in [0.2, 0.25) is 5.91 Å². The van der Waals surface area contributed by atoms with Crippen LogP contribution >= 0.6 is 11.6 Å². The number of benzene rings is 2. The summed E-state index contributed by atoms with van der Waals surface area (Å²) in [6.07, 6.45) is 1.77. The van der Waals surface area contributed by atoms with E-state index in [1.54, 1.807) is 26.4 Å². The highest BCUT2D eigenvalue weighted by Crippen LogP contribution is 2.46. The highest BCUT2D eigenvalue weighted by atomic mass is 35.5. The molecule has 1 aliphatic carbocycles. The molecule has 0 saturated carbocycles. The van der Waals surface area contributed by atoms with E-state index in [4.69, 9.17) is 21.1 Å². The second kappa shape index (κ2) is 8.11. The molecule has 0 bridgehead atoms. The van der Waals surface area contributed by atoms with Crippen LogP contribution in [0, 0.1) is 5.82 Å². The summed E-state index contributed by atoms with van der Waals surface area (Å²) in [7, 11) is 3.11. The number of amides is 1. The van der Waals surface area contributed by atoms with Crippen LogP contribution in [0.5, 0.6) is 11.5 Å². The van der Waals surface area contributed by atoms with Crippen LogP contribution in [0.15, 0.2) is 47.7 Å². The summed E-state index contributed by atoms with van der Waals surface area (Å²) >= 11 is 5.95. The lowest BCUT2D eigenvalue weighted by molar-refractivity contribution is -0.119. The number of halogens is 2. The van der Waals surface area contributed by atoms with Crippen LogP contribution in [0.1, 0.15) is 37.2 Å². The number of nitrogens with zero attached hydrogens (tertiary/aromatic N) is 1. The Balaban J connectivity index is 1.87. The van der Waals surface area contributed by atoms with Gasteiger partial charge in [0.15, 0.2) is 5.78 Å². The molecule has 2 aliphatic rings. The molecule has 1 amide bonds. The number of anilines is 1. The minimum absolute atomic E-state index is 0.0184. The van der Waals surface area contributed by atoms with E-state index in [-0.39, 0.29) is 23.1 Å². The predicted molar refractivity (Wildman–Crippen MR) is 112 cm³/mol. The summed E-state index contributed by atoms with van der Waals surface area (Å²) in [6.45, 7) is 0. The molecule has 0 N–H and O–H groups in total. The van der Waals surface area contributed by atoms with E-state index in [2.05, 4.69) is 0 Å². The zero-order chi connectivity index (χ0) is 21.4. The second-order valence-corrected chi connectivity index (χ2v) is 7.74. The summed E-state index contributed by atoms with van der Waals surface area (Å²) in [5.41, 5.74) is 2.51. The van der Waals surface area contributed by atoms with Crippen molar-refractivity contribution in [3.8, 4) is 11.5 Å². The third-order valence-corrected chi connectivity index (χ3v) is 5.94. The Hall–Kier alpha value is -2.86. The fourth-order valence-corrected chi connectivity index (χ4v) is 4.46. The number of hydrogen-bond acceptors (Lipinski definition) is 4. The largest absolute Gasteiger partial charge is 0.497 e. The molecule has 156 valence electrons. The van der Waals surface area contributed by atoms with E-state index >= 15 is 0 Å². The topological polar surface area (TPSA) is 55.8 Å². The summed E-state index contributed by atoms with van der Waals surface area (Å²) in [5, 5.41) is -0.0662. The molecule has 30 heavy (non-hydrogen) atoms. The number of ketones is 1. The minimum Gasteiger partial charge on any atom is -0.497 e. The molecule has 0 saturated heterocycles. The second-order valence-electron chi connectivity index (χ2n) is 7.33. The summed E-state index contributed by atoms with van der Waals surface area (Å²) < 4.78 is 24.5. The molecule has 1 heterocycles. The van der Waals surface area contributed by atoms with Crippen LogP contribution in [0.3, 0.4) is 0 Å². The van der Waals surface area contributed by atoms with E-state index in [0.717, 1.165) is 5.56 Å². The summed E-state index contributed by atoms with van der Waals surface area (Å²) in [6, 6.07) is 9.55. The number of allylic oxidation sites excluding steroid dienone is 2. The van der Waals surface area contributed by atoms with Crippen molar-refractivity contribution in [1.82, 2.24) is 0 Å². The van der Waals surface area contributed by atoms with Gasteiger partial charge in [0.05, 0.1) is 24.9 Å². The molecule has 2 aromatic rings. The Labute approximate surface area is 179 Å². The van der Waals surface area contributed by atoms with Crippen LogP contribution in [0.2, 0.25) is 5.02 Å². The van der Waals surface area contributed by atoms with Crippen molar-refractivity contribution in [2.24, 2.45) is 0 Å². The molecular formula is C23H21ClFNO4. The van der Waals surface area contributed by atoms with Gasteiger partial charge in [-0.3, -0.25) is 14.5 Å². The lowest BCUT2D eigenvalue weighted by atomic mass is 9.77. The predicted octanol–water partition coefficient (Wildman–Crippen LogP) is 5.02. The molecule has 1 aliphatic heterocycles. The van der Waals surface area contributed by atoms with E-state index in [1.165, 1.54) is 23.1 Å². The summed E-state index contributed by atoms with van der Waals surface area (Å²) in [5.74, 6) is 0.0759. The van der Waals surface area contributed by atoms with Gasteiger partial charge in [0.25, 0.3) is 0 Å². The van der Waals surface area contributed by atoms with Crippen LogP contribution in [-0.4, -0.2) is 25.9 Å². The van der Waals surface area contributed by atoms with Gasteiger partial charge in [0, 0.05) is 41.7 Å². The van der Waals surface area contributed by atoms with Crippen molar-refractivity contribution in [1.29, 1.82) is 0 Å². The smallest absolute Gasteiger partial charge is 0.232 e. The molecule has 0 spiro atoms. The van der Waals surface area contributed by atoms with Crippen LogP contribution in [-0.2, 0) is 9.59 Å². The zero-order valence-corrected chi connectivity index (χ0v) is 17.5. The molecule has 0 aromatic heterocycles. The molecule has 5 nitrogen and oxygen atoms in total. The molecule has 4 rings (SSSR count). The quantitative estimate of drug-likeness (QED) is 0.684. The van der Waals surface area contributed by atoms with Gasteiger partial charge in [-0.25, -0.2) is 4.39 Å². The SMILES string of the molecule is COc1ccc([C@H]2CC(=O)N(c3ccc(F)c(Cl)c3)C3=C2C(=O)CCC3)c(OC)c1. The highest BCUT2D eigenvalue weighted by Gasteiger charge is 2.40. The Morgan fingerprint density at radius 2 is 1.87 bits per heavy atom. The monoisotopic (exact) mass is 429 g/mol. The molecular weight excluding hydrogens is 409 g/mol. The Morgan fingerprint density at radius 1 is 1.07 bits per heavy atom. The number of Topliss-reactive ketones (excluding diaryl/α,β-unsaturated/α-hetero) is 1. The Bertz CT molecular complexity index is 1070. The van der Waals surface area contributed by atoms with Gasteiger partial charge in [-0.15, -0.1) is 0 Å². The first-order chi connectivity index (χ1) is 14.4. The minimum atomic E-state index is -0.556. The van der Waals surface area contributed by atoms with Crippen molar-refractivity contribution in [3.05, 3.63) is 64.1 Å². The lowest BCUT2D eigenvalue weighted by Gasteiger charge is -2.38. The molecule has 0 unspecified atom stereocenters. The highest BCUT2D eigenvalue weighted by molar-refractivity contribution is 6.31. The van der Waals surface area contributed by atoms with Gasteiger partial charge in [-0.2, -0.15) is 0 Å². The average molecular weight is 430 g/mol. The third-order valence-electron chi connectivity index (χ3n) is 5.65. The van der Waals surface area contributed by atoms with Gasteiger partial charge in [0.1, 0.15) is 17.3 Å². The van der Waals surface area contributed by atoms with Gasteiger partial charge in [-0.05, 0) is 37.1 Å². The Morgan fingerprint density at radius 3 is 2.57 bits per heavy atom. The van der Waals surface area contributed by atoms with Crippen LogP contribution < -0.4 is 14.4 Å². The maximum absolute atomic E-state index is 13.7. The van der Waals surface area contributed by atoms with Crippen molar-refractivity contribution in [2.75, 3.05) is 19.1 Å². The van der Waals surface area contributed by atoms with Crippen LogP contribution in [0.25, 0.3) is 0 Å². The molecule has 2 aromatic carbocycles. The first-order valence-electron chi connectivity index (χ1n) is 9.70. The molecule has 1 atom stereocenters. The van der Waals surface area contributed by atoms with Crippen molar-refractivity contribution in [3.63, 3.8) is 0 Å². The fourth-order valence-electron chi connectivity index (χ4n) is 4.29. The fraction of sp³-hybridized carbons (Fsp3) is 0.304. The van der Waals surface area contributed by atoms with Crippen molar-refractivity contribution in [2.45, 2.75) is 31.6 Å². The summed E-state index contributed by atoms with van der Waals surface area (Å²) in [4.78, 5) is 27.7. The van der Waals surface area contributed by atoms with E-state index in [0.29, 0.717) is 47.7 Å². The number of ether oxygens (including phenoxy) is 2. The number of rotatable bonds is 4. The maximum atomic E-state index is 13.7. The molecule has 0 radical (unpaired) electrons. The number of carbonyl (C=O) groups excluding carboxylic acids is 2. The third kappa shape index (κ3) is 3.45. The number of hydrogen-bond donors (Lipinski definition) is 0. The van der Waals surface area contributed by atoms with E-state index in [1.807, 2.05) is 6.07 Å². The van der Waals surface area contributed by atoms with Gasteiger partial charge >= 0.3 is 0 Å². The first-order valence-corrected chi connectivity index (χ1v) is 10.1. The maximum Gasteiger partial charge on any atom is 0.232 e. The first kappa shape index (κ1) is 20.4. The standard InChI is InChI=1S/C23H21ClFNO4/c1-29-14-7-8-15(21(11-14)30-2)16-12-22(28)26(13-6-9-18(25)17(24)10-13)19-4-3-5-20(27)23(16)19/h6-11,16H,3-5,12H2,1-2H3/t16-/m1/s1. The average Bonchev–Trinajstić information content (AvgIpc) is 2.75. The normalized spacial score (nSPS) is 19.1. The zero-order valence-electron chi connectivity index (χ0n) is 16.7. The van der Waals surface area contributed by atoms with Crippen molar-refractivity contribution >= 4 is 29.0 Å². The Kier molecular flexibility index (Phi) is 5.52. The van der Waals surface area contributed by atoms with Gasteiger partial charge < -0.3 is 9.47 Å². The van der Waals surface area contributed by atoms with Gasteiger partial charge in [-0.1, -0.05) is 17.7 Å². The molecule has 0 fully saturated rings. The number of carbonyl (C=O) groups is 2. The van der Waals surface area contributed by atoms with Crippen LogP contribution in [0.4, 0.5) is 10.1 Å². The molecule has 7 heteroatoms. The van der Waals surface area contributed by atoms with Crippen molar-refractivity contribution < 1.29 is 23.5 Å². The lowest BCUT2D eigenvalue weighted by Crippen LogP contribution is -2.40. The van der Waals surface area contributed by atoms with E-state index < -0.39 is 11.7 Å².